The molecule has 1 aromatic carbocycles. The average Bonchev–Trinajstić information content (AvgIpc) is 3.05. The Morgan fingerprint density at radius 2 is 1.89 bits per heavy atom. The first kappa shape index (κ1) is 12.4. The van der Waals surface area contributed by atoms with Crippen LogP contribution in [0.15, 0.2) is 22.8 Å². The second-order valence-corrected chi connectivity index (χ2v) is 5.57. The maximum atomic E-state index is 5.65. The van der Waals surface area contributed by atoms with Gasteiger partial charge in [-0.15, -0.1) is 0 Å². The fourth-order valence-corrected chi connectivity index (χ4v) is 2.56. The van der Waals surface area contributed by atoms with Crippen LogP contribution in [0.4, 0.5) is 0 Å². The highest BCUT2D eigenvalue weighted by Crippen LogP contribution is 2.28. The summed E-state index contributed by atoms with van der Waals surface area (Å²) in [6.45, 7) is 7.14. The Balaban J connectivity index is 1.85. The average molecular weight is 256 g/mol. The van der Waals surface area contributed by atoms with E-state index in [2.05, 4.69) is 43.2 Å². The highest BCUT2D eigenvalue weighted by Gasteiger charge is 2.21. The topological polar surface area (TPSA) is 38.1 Å². The molecular formula is C16H20N2O. The van der Waals surface area contributed by atoms with Gasteiger partial charge >= 0.3 is 0 Å². The summed E-state index contributed by atoms with van der Waals surface area (Å²) in [6, 6.07) is 5.05. The van der Waals surface area contributed by atoms with Crippen LogP contribution >= 0.6 is 0 Å². The summed E-state index contributed by atoms with van der Waals surface area (Å²) in [5, 5.41) is 3.45. The lowest BCUT2D eigenvalue weighted by atomic mass is 10.00. The standard InChI is InChI=1S/C16H20N2O/c1-10-6-11(2)15(12(3)7-10)16-18-14(9-19-16)8-17-13-4-5-13/h6-7,9,13,17H,4-5,8H2,1-3H3. The lowest BCUT2D eigenvalue weighted by molar-refractivity contribution is 0.569. The zero-order valence-corrected chi connectivity index (χ0v) is 11.8. The van der Waals surface area contributed by atoms with E-state index in [-0.39, 0.29) is 0 Å². The molecule has 19 heavy (non-hydrogen) atoms. The number of rotatable bonds is 4. The maximum absolute atomic E-state index is 5.65. The summed E-state index contributed by atoms with van der Waals surface area (Å²) in [4.78, 5) is 4.60. The van der Waals surface area contributed by atoms with Gasteiger partial charge in [-0.2, -0.15) is 0 Å². The second-order valence-electron chi connectivity index (χ2n) is 5.57. The lowest BCUT2D eigenvalue weighted by Gasteiger charge is -2.07. The van der Waals surface area contributed by atoms with Gasteiger partial charge in [-0.1, -0.05) is 17.7 Å². The predicted molar refractivity (Wildman–Crippen MR) is 76.0 cm³/mol. The van der Waals surface area contributed by atoms with E-state index >= 15 is 0 Å². The van der Waals surface area contributed by atoms with E-state index in [1.165, 1.54) is 29.5 Å². The molecule has 0 bridgehead atoms. The van der Waals surface area contributed by atoms with Crippen molar-refractivity contribution in [2.75, 3.05) is 0 Å². The Morgan fingerprint density at radius 3 is 2.53 bits per heavy atom. The van der Waals surface area contributed by atoms with Crippen LogP contribution in [0.5, 0.6) is 0 Å². The van der Waals surface area contributed by atoms with E-state index in [4.69, 9.17) is 4.42 Å². The van der Waals surface area contributed by atoms with Crippen molar-refractivity contribution in [2.45, 2.75) is 46.2 Å². The minimum atomic E-state index is 0.697. The van der Waals surface area contributed by atoms with Crippen molar-refractivity contribution in [3.8, 4) is 11.5 Å². The Bertz CT molecular complexity index is 574. The molecule has 0 spiro atoms. The Kier molecular flexibility index (Phi) is 3.15. The van der Waals surface area contributed by atoms with Gasteiger partial charge in [0.15, 0.2) is 0 Å². The smallest absolute Gasteiger partial charge is 0.226 e. The molecule has 1 N–H and O–H groups in total. The molecule has 1 aromatic heterocycles. The number of aromatic nitrogens is 1. The van der Waals surface area contributed by atoms with E-state index in [0.29, 0.717) is 6.04 Å². The number of hydrogen-bond acceptors (Lipinski definition) is 3. The molecule has 1 saturated carbocycles. The Labute approximate surface area is 114 Å². The molecule has 0 aliphatic heterocycles. The van der Waals surface area contributed by atoms with Gasteiger partial charge < -0.3 is 9.73 Å². The normalized spacial score (nSPS) is 14.9. The van der Waals surface area contributed by atoms with Gasteiger partial charge in [0.25, 0.3) is 0 Å². The van der Waals surface area contributed by atoms with Crippen molar-refractivity contribution in [2.24, 2.45) is 0 Å². The molecule has 0 atom stereocenters. The summed E-state index contributed by atoms with van der Waals surface area (Å²) in [7, 11) is 0. The molecule has 0 saturated heterocycles. The van der Waals surface area contributed by atoms with Gasteiger partial charge in [-0.05, 0) is 44.7 Å². The fourth-order valence-electron chi connectivity index (χ4n) is 2.56. The van der Waals surface area contributed by atoms with Gasteiger partial charge in [-0.25, -0.2) is 4.98 Å². The van der Waals surface area contributed by atoms with E-state index in [1.54, 1.807) is 6.26 Å². The van der Waals surface area contributed by atoms with Gasteiger partial charge in [0.2, 0.25) is 5.89 Å². The van der Waals surface area contributed by atoms with E-state index < -0.39 is 0 Å². The van der Waals surface area contributed by atoms with Crippen molar-refractivity contribution in [3.05, 3.63) is 40.8 Å². The monoisotopic (exact) mass is 256 g/mol. The molecule has 3 nitrogen and oxygen atoms in total. The molecule has 100 valence electrons. The van der Waals surface area contributed by atoms with Crippen LogP contribution in [0.25, 0.3) is 11.5 Å². The third-order valence-corrected chi connectivity index (χ3v) is 3.59. The molecule has 0 amide bonds. The Morgan fingerprint density at radius 1 is 1.21 bits per heavy atom. The van der Waals surface area contributed by atoms with Gasteiger partial charge in [-0.3, -0.25) is 0 Å². The van der Waals surface area contributed by atoms with Crippen LogP contribution in [0, 0.1) is 20.8 Å². The molecule has 1 aliphatic carbocycles. The number of nitrogens with one attached hydrogen (secondary N) is 1. The SMILES string of the molecule is Cc1cc(C)c(-c2nc(CNC3CC3)co2)c(C)c1. The quantitative estimate of drug-likeness (QED) is 0.909. The first-order valence-electron chi connectivity index (χ1n) is 6.89. The van der Waals surface area contributed by atoms with Crippen molar-refractivity contribution in [3.63, 3.8) is 0 Å². The van der Waals surface area contributed by atoms with E-state index in [1.807, 2.05) is 0 Å². The number of benzene rings is 1. The lowest BCUT2D eigenvalue weighted by Crippen LogP contribution is -2.15. The number of oxazole rings is 1. The first-order chi connectivity index (χ1) is 9.13. The minimum Gasteiger partial charge on any atom is -0.444 e. The highest BCUT2D eigenvalue weighted by molar-refractivity contribution is 5.64. The molecule has 3 rings (SSSR count). The molecular weight excluding hydrogens is 236 g/mol. The molecule has 2 aromatic rings. The third-order valence-electron chi connectivity index (χ3n) is 3.59. The largest absolute Gasteiger partial charge is 0.444 e. The second kappa shape index (κ2) is 4.82. The zero-order chi connectivity index (χ0) is 13.4. The van der Waals surface area contributed by atoms with Gasteiger partial charge in [0.1, 0.15) is 6.26 Å². The summed E-state index contributed by atoms with van der Waals surface area (Å²) < 4.78 is 5.65. The van der Waals surface area contributed by atoms with Crippen LogP contribution < -0.4 is 5.32 Å². The van der Waals surface area contributed by atoms with E-state index in [9.17, 15) is 0 Å². The van der Waals surface area contributed by atoms with Crippen molar-refractivity contribution in [1.29, 1.82) is 0 Å². The summed E-state index contributed by atoms with van der Waals surface area (Å²) in [5.74, 6) is 0.739. The van der Waals surface area contributed by atoms with Crippen LogP contribution in [-0.4, -0.2) is 11.0 Å². The molecule has 1 aliphatic rings. The molecule has 0 radical (unpaired) electrons. The predicted octanol–water partition coefficient (Wildman–Crippen LogP) is 3.52. The fraction of sp³-hybridized carbons (Fsp3) is 0.438. The third kappa shape index (κ3) is 2.71. The van der Waals surface area contributed by atoms with Crippen LogP contribution in [0.2, 0.25) is 0 Å². The van der Waals surface area contributed by atoms with Crippen molar-refractivity contribution in [1.82, 2.24) is 10.3 Å². The summed E-state index contributed by atoms with van der Waals surface area (Å²) in [6.07, 6.45) is 4.35. The first-order valence-corrected chi connectivity index (χ1v) is 6.89. The molecule has 1 heterocycles. The van der Waals surface area contributed by atoms with Crippen molar-refractivity contribution < 1.29 is 4.42 Å². The van der Waals surface area contributed by atoms with Gasteiger partial charge in [0.05, 0.1) is 5.69 Å². The minimum absolute atomic E-state index is 0.697. The zero-order valence-electron chi connectivity index (χ0n) is 11.8. The molecule has 1 fully saturated rings. The number of hydrogen-bond donors (Lipinski definition) is 1. The summed E-state index contributed by atoms with van der Waals surface area (Å²) >= 11 is 0. The molecule has 0 unspecified atom stereocenters. The number of nitrogens with zero attached hydrogens (tertiary/aromatic N) is 1. The van der Waals surface area contributed by atoms with Crippen LogP contribution in [0.1, 0.15) is 35.2 Å². The van der Waals surface area contributed by atoms with Crippen LogP contribution in [0.3, 0.4) is 0 Å². The highest BCUT2D eigenvalue weighted by atomic mass is 16.3. The van der Waals surface area contributed by atoms with Gasteiger partial charge in [0, 0.05) is 18.2 Å². The van der Waals surface area contributed by atoms with E-state index in [0.717, 1.165) is 23.7 Å². The Hall–Kier alpha value is -1.61. The maximum Gasteiger partial charge on any atom is 0.226 e. The summed E-state index contributed by atoms with van der Waals surface area (Å²) in [5.41, 5.74) is 5.84. The molecule has 3 heteroatoms. The van der Waals surface area contributed by atoms with Crippen molar-refractivity contribution >= 4 is 0 Å². The number of aryl methyl sites for hydroxylation is 3. The van der Waals surface area contributed by atoms with Crippen LogP contribution in [-0.2, 0) is 6.54 Å².